The zero-order valence-corrected chi connectivity index (χ0v) is 12.3. The van der Waals surface area contributed by atoms with E-state index < -0.39 is 17.7 Å². The van der Waals surface area contributed by atoms with Gasteiger partial charge in [0.1, 0.15) is 11.6 Å². The van der Waals surface area contributed by atoms with Crippen LogP contribution in [0.4, 0.5) is 4.79 Å². The van der Waals surface area contributed by atoms with Gasteiger partial charge in [-0.25, -0.2) is 4.79 Å². The summed E-state index contributed by atoms with van der Waals surface area (Å²) >= 11 is 0. The Morgan fingerprint density at radius 1 is 1.35 bits per heavy atom. The molecule has 0 saturated heterocycles. The van der Waals surface area contributed by atoms with Crippen LogP contribution in [0.15, 0.2) is 24.4 Å². The Bertz CT molecular complexity index is 454. The highest BCUT2D eigenvalue weighted by Crippen LogP contribution is 2.06. The largest absolute Gasteiger partial charge is 0.444 e. The average molecular weight is 279 g/mol. The molecule has 0 fully saturated rings. The van der Waals surface area contributed by atoms with Gasteiger partial charge in [-0.05, 0) is 39.8 Å². The van der Waals surface area contributed by atoms with Crippen LogP contribution in [0.5, 0.6) is 0 Å². The lowest BCUT2D eigenvalue weighted by molar-refractivity contribution is -0.123. The molecule has 0 radical (unpaired) electrons. The second-order valence-electron chi connectivity index (χ2n) is 5.41. The number of carbonyl (C=O) groups excluding carboxylic acids is 2. The van der Waals surface area contributed by atoms with E-state index in [2.05, 4.69) is 15.6 Å². The summed E-state index contributed by atoms with van der Waals surface area (Å²) in [5.41, 5.74) is 0.166. The maximum absolute atomic E-state index is 11.8. The third-order valence-electron chi connectivity index (χ3n) is 2.30. The molecule has 1 heterocycles. The molecule has 0 aliphatic rings. The van der Waals surface area contributed by atoms with Gasteiger partial charge in [0, 0.05) is 6.20 Å². The third kappa shape index (κ3) is 6.17. The first-order valence-corrected chi connectivity index (χ1v) is 6.45. The maximum Gasteiger partial charge on any atom is 0.408 e. The maximum atomic E-state index is 11.8. The number of nitrogens with zero attached hydrogens (tertiary/aromatic N) is 1. The lowest BCUT2D eigenvalue weighted by Gasteiger charge is -2.21. The van der Waals surface area contributed by atoms with Gasteiger partial charge in [-0.2, -0.15) is 0 Å². The fourth-order valence-corrected chi connectivity index (χ4v) is 1.38. The molecule has 0 aromatic carbocycles. The van der Waals surface area contributed by atoms with Crippen molar-refractivity contribution in [3.63, 3.8) is 0 Å². The second kappa shape index (κ2) is 6.88. The Morgan fingerprint density at radius 2 is 2.05 bits per heavy atom. The van der Waals surface area contributed by atoms with Crippen molar-refractivity contribution in [1.82, 2.24) is 15.6 Å². The SMILES string of the molecule is C[C@@H](NC(=O)OC(C)(C)C)C(=O)NCc1ccccn1. The smallest absolute Gasteiger partial charge is 0.408 e. The van der Waals surface area contributed by atoms with Crippen LogP contribution in [-0.2, 0) is 16.1 Å². The number of nitrogens with one attached hydrogen (secondary N) is 2. The van der Waals surface area contributed by atoms with Crippen molar-refractivity contribution in [2.45, 2.75) is 45.9 Å². The Morgan fingerprint density at radius 3 is 2.60 bits per heavy atom. The molecule has 1 atom stereocenters. The van der Waals surface area contributed by atoms with Gasteiger partial charge in [-0.1, -0.05) is 6.07 Å². The Labute approximate surface area is 118 Å². The van der Waals surface area contributed by atoms with Crippen LogP contribution < -0.4 is 10.6 Å². The number of carbonyl (C=O) groups is 2. The van der Waals surface area contributed by atoms with E-state index in [-0.39, 0.29) is 5.91 Å². The molecule has 0 bridgehead atoms. The van der Waals surface area contributed by atoms with E-state index in [4.69, 9.17) is 4.74 Å². The quantitative estimate of drug-likeness (QED) is 0.877. The van der Waals surface area contributed by atoms with Crippen LogP contribution in [0.3, 0.4) is 0 Å². The van der Waals surface area contributed by atoms with Crippen LogP contribution >= 0.6 is 0 Å². The van der Waals surface area contributed by atoms with Crippen LogP contribution in [0, 0.1) is 0 Å². The minimum Gasteiger partial charge on any atom is -0.444 e. The normalized spacial score (nSPS) is 12.4. The topological polar surface area (TPSA) is 80.3 Å². The molecule has 6 heteroatoms. The molecule has 2 N–H and O–H groups in total. The fourth-order valence-electron chi connectivity index (χ4n) is 1.38. The monoisotopic (exact) mass is 279 g/mol. The molecule has 110 valence electrons. The van der Waals surface area contributed by atoms with E-state index in [1.54, 1.807) is 40.0 Å². The predicted molar refractivity (Wildman–Crippen MR) is 74.9 cm³/mol. The summed E-state index contributed by atoms with van der Waals surface area (Å²) in [7, 11) is 0. The molecule has 0 aliphatic carbocycles. The van der Waals surface area contributed by atoms with Gasteiger partial charge in [0.25, 0.3) is 0 Å². The van der Waals surface area contributed by atoms with Crippen LogP contribution in [0.25, 0.3) is 0 Å². The van der Waals surface area contributed by atoms with E-state index >= 15 is 0 Å². The Balaban J connectivity index is 2.38. The molecule has 2 amide bonds. The lowest BCUT2D eigenvalue weighted by Crippen LogP contribution is -2.46. The number of pyridine rings is 1. The number of amides is 2. The van der Waals surface area contributed by atoms with Crippen LogP contribution in [0.1, 0.15) is 33.4 Å². The molecule has 1 aromatic rings. The van der Waals surface area contributed by atoms with E-state index in [0.29, 0.717) is 6.54 Å². The standard InChI is InChI=1S/C14H21N3O3/c1-10(17-13(19)20-14(2,3)4)12(18)16-9-11-7-5-6-8-15-11/h5-8,10H,9H2,1-4H3,(H,16,18)(H,17,19)/t10-/m1/s1. The highest BCUT2D eigenvalue weighted by atomic mass is 16.6. The van der Waals surface area contributed by atoms with Gasteiger partial charge < -0.3 is 15.4 Å². The highest BCUT2D eigenvalue weighted by Gasteiger charge is 2.20. The highest BCUT2D eigenvalue weighted by molar-refractivity contribution is 5.85. The minimum atomic E-state index is -0.673. The van der Waals surface area contributed by atoms with Crippen molar-refractivity contribution >= 4 is 12.0 Å². The molecular formula is C14H21N3O3. The summed E-state index contributed by atoms with van der Waals surface area (Å²) < 4.78 is 5.08. The molecule has 20 heavy (non-hydrogen) atoms. The van der Waals surface area contributed by atoms with Crippen molar-refractivity contribution in [1.29, 1.82) is 0 Å². The van der Waals surface area contributed by atoms with E-state index in [1.165, 1.54) is 0 Å². The van der Waals surface area contributed by atoms with E-state index in [1.807, 2.05) is 12.1 Å². The molecule has 0 aliphatic heterocycles. The summed E-state index contributed by atoms with van der Waals surface area (Å²) in [4.78, 5) is 27.4. The number of hydrogen-bond donors (Lipinski definition) is 2. The molecule has 0 unspecified atom stereocenters. The van der Waals surface area contributed by atoms with E-state index in [0.717, 1.165) is 5.69 Å². The van der Waals surface area contributed by atoms with Crippen LogP contribution in [0.2, 0.25) is 0 Å². The second-order valence-corrected chi connectivity index (χ2v) is 5.41. The van der Waals surface area contributed by atoms with Gasteiger partial charge in [0.05, 0.1) is 12.2 Å². The first-order chi connectivity index (χ1) is 9.28. The molecule has 1 aromatic heterocycles. The van der Waals surface area contributed by atoms with Crippen molar-refractivity contribution in [3.05, 3.63) is 30.1 Å². The molecule has 1 rings (SSSR count). The number of alkyl carbamates (subject to hydrolysis) is 1. The first kappa shape index (κ1) is 15.9. The van der Waals surface area contributed by atoms with Gasteiger partial charge in [-0.15, -0.1) is 0 Å². The number of rotatable bonds is 4. The van der Waals surface area contributed by atoms with Gasteiger partial charge in [-0.3, -0.25) is 9.78 Å². The molecule has 0 spiro atoms. The molecular weight excluding hydrogens is 258 g/mol. The number of aromatic nitrogens is 1. The summed E-state index contributed by atoms with van der Waals surface area (Å²) in [6.07, 6.45) is 1.04. The van der Waals surface area contributed by atoms with Crippen molar-refractivity contribution in [3.8, 4) is 0 Å². The minimum absolute atomic E-state index is 0.290. The Hall–Kier alpha value is -2.11. The number of hydrogen-bond acceptors (Lipinski definition) is 4. The van der Waals surface area contributed by atoms with Gasteiger partial charge >= 0.3 is 6.09 Å². The van der Waals surface area contributed by atoms with Gasteiger partial charge in [0.15, 0.2) is 0 Å². The zero-order chi connectivity index (χ0) is 15.2. The van der Waals surface area contributed by atoms with Gasteiger partial charge in [0.2, 0.25) is 5.91 Å². The molecule has 0 saturated carbocycles. The predicted octanol–water partition coefficient (Wildman–Crippen LogP) is 1.61. The van der Waals surface area contributed by atoms with Crippen molar-refractivity contribution < 1.29 is 14.3 Å². The summed E-state index contributed by atoms with van der Waals surface area (Å²) in [5, 5.41) is 5.17. The van der Waals surface area contributed by atoms with Crippen LogP contribution in [-0.4, -0.2) is 28.6 Å². The summed E-state index contributed by atoms with van der Waals surface area (Å²) in [5.74, 6) is -0.290. The lowest BCUT2D eigenvalue weighted by atomic mass is 10.2. The van der Waals surface area contributed by atoms with Crippen molar-refractivity contribution in [2.75, 3.05) is 0 Å². The molecule has 6 nitrogen and oxygen atoms in total. The zero-order valence-electron chi connectivity index (χ0n) is 12.3. The summed E-state index contributed by atoms with van der Waals surface area (Å²) in [6, 6.07) is 4.79. The third-order valence-corrected chi connectivity index (χ3v) is 2.30. The summed E-state index contributed by atoms with van der Waals surface area (Å²) in [6.45, 7) is 7.20. The van der Waals surface area contributed by atoms with Crippen molar-refractivity contribution in [2.24, 2.45) is 0 Å². The van der Waals surface area contributed by atoms with E-state index in [9.17, 15) is 9.59 Å². The number of ether oxygens (including phenoxy) is 1. The average Bonchev–Trinajstić information content (AvgIpc) is 2.34. The fraction of sp³-hybridized carbons (Fsp3) is 0.500. The Kier molecular flexibility index (Phi) is 5.49. The first-order valence-electron chi connectivity index (χ1n) is 6.45.